The van der Waals surface area contributed by atoms with E-state index in [2.05, 4.69) is 29.9 Å². The molecule has 5 unspecified atom stereocenters. The summed E-state index contributed by atoms with van der Waals surface area (Å²) in [5, 5.41) is 22.4. The quantitative estimate of drug-likeness (QED) is 0.139. The Balaban J connectivity index is 1.18. The molecule has 0 bridgehead atoms. The van der Waals surface area contributed by atoms with E-state index in [-0.39, 0.29) is 34.0 Å². The summed E-state index contributed by atoms with van der Waals surface area (Å²) < 4.78 is 60.9. The van der Waals surface area contributed by atoms with Crippen molar-refractivity contribution in [2.45, 2.75) is 30.3 Å². The standard InChI is InChI=1S/C20H22N10O12P2/c21-14-9-16(25-4-23-14)29(6-27-9)18-11(31)12-8(40-18)1-38-44(35,36)42-20(3-39-43(33,34)41-12)2-37-19(13(20)32)30-7-28-10-15(22)24-5-26-17(10)30/h4-7,11,13,18-19,31-32H,1-3H2,(H,33,34)(H,35,36)(H2,21,23,25)(H2,22,24,26)/t11?,13?,18-,19-,20?/m1/s1. The van der Waals surface area contributed by atoms with Crippen LogP contribution in [0.3, 0.4) is 0 Å². The highest BCUT2D eigenvalue weighted by molar-refractivity contribution is 7.47. The van der Waals surface area contributed by atoms with Crippen molar-refractivity contribution in [3.05, 3.63) is 36.8 Å². The van der Waals surface area contributed by atoms with E-state index in [1.165, 1.54) is 21.8 Å². The monoisotopic (exact) mass is 656 g/mol. The van der Waals surface area contributed by atoms with Crippen molar-refractivity contribution in [3.8, 4) is 0 Å². The molecule has 1 spiro atoms. The van der Waals surface area contributed by atoms with Gasteiger partial charge in [0.1, 0.15) is 42.7 Å². The van der Waals surface area contributed by atoms with Crippen molar-refractivity contribution in [1.29, 1.82) is 0 Å². The van der Waals surface area contributed by atoms with Gasteiger partial charge in [0.15, 0.2) is 52.4 Å². The first-order valence-electron chi connectivity index (χ1n) is 12.5. The first-order chi connectivity index (χ1) is 20.9. The number of nitrogens with two attached hydrogens (primary N) is 2. The predicted octanol–water partition coefficient (Wildman–Crippen LogP) is -1.16. The molecule has 44 heavy (non-hydrogen) atoms. The Morgan fingerprint density at radius 2 is 1.45 bits per heavy atom. The van der Waals surface area contributed by atoms with E-state index in [1.807, 2.05) is 0 Å². The number of aliphatic hydroxyl groups is 2. The fraction of sp³-hybridized carbons (Fsp3) is 0.400. The normalized spacial score (nSPS) is 34.6. The Labute approximate surface area is 244 Å². The Bertz CT molecular complexity index is 1920. The molecule has 0 aromatic carbocycles. The number of hydrogen-bond donors (Lipinski definition) is 6. The number of imidazole rings is 2. The van der Waals surface area contributed by atoms with Crippen molar-refractivity contribution in [2.75, 3.05) is 31.3 Å². The van der Waals surface area contributed by atoms with E-state index in [9.17, 15) is 29.1 Å². The topological polar surface area (TPSA) is 310 Å². The van der Waals surface area contributed by atoms with Crippen molar-refractivity contribution in [3.63, 3.8) is 0 Å². The third-order valence-corrected chi connectivity index (χ3v) is 8.98. The van der Waals surface area contributed by atoms with Gasteiger partial charge in [-0.05, 0) is 0 Å². The molecular weight excluding hydrogens is 634 g/mol. The van der Waals surface area contributed by atoms with Crippen molar-refractivity contribution in [1.82, 2.24) is 39.0 Å². The molecule has 0 radical (unpaired) electrons. The minimum absolute atomic E-state index is 0.0378. The van der Waals surface area contributed by atoms with E-state index >= 15 is 0 Å². The first-order valence-corrected chi connectivity index (χ1v) is 15.5. The predicted molar refractivity (Wildman–Crippen MR) is 140 cm³/mol. The molecule has 4 aromatic rings. The van der Waals surface area contributed by atoms with Gasteiger partial charge >= 0.3 is 15.6 Å². The SMILES string of the molecule is Nc1ncnc2c1ncn2[C@@H]1OC2=C(OP(=O)(O)OCC3(CO[C@@H](n4cnc5c(N)ncnc54)C3O)OP(=O)(O)OC2)C1O. The molecule has 1 fully saturated rings. The number of ether oxygens (including phenoxy) is 2. The summed E-state index contributed by atoms with van der Waals surface area (Å²) in [6.45, 7) is -2.57. The minimum Gasteiger partial charge on any atom is -0.465 e. The molecule has 234 valence electrons. The number of nitrogen functional groups attached to an aromatic ring is 2. The number of hydrogen-bond acceptors (Lipinski definition) is 18. The zero-order valence-corrected chi connectivity index (χ0v) is 23.7. The smallest absolute Gasteiger partial charge is 0.465 e. The molecule has 4 aromatic heterocycles. The van der Waals surface area contributed by atoms with Crippen LogP contribution in [-0.4, -0.2) is 96.7 Å². The highest BCUT2D eigenvalue weighted by Gasteiger charge is 2.57. The van der Waals surface area contributed by atoms with E-state index in [4.69, 9.17) is 39.0 Å². The van der Waals surface area contributed by atoms with E-state index in [0.717, 1.165) is 12.7 Å². The fourth-order valence-corrected chi connectivity index (χ4v) is 6.86. The van der Waals surface area contributed by atoms with Crippen LogP contribution in [0.1, 0.15) is 12.5 Å². The number of aromatic nitrogens is 8. The molecule has 3 aliphatic heterocycles. The molecule has 0 amide bonds. The number of phosphoric acid groups is 2. The highest BCUT2D eigenvalue weighted by atomic mass is 31.2. The molecule has 0 saturated carbocycles. The third kappa shape index (κ3) is 4.68. The van der Waals surface area contributed by atoms with Gasteiger partial charge in [-0.2, -0.15) is 0 Å². The molecule has 8 N–H and O–H groups in total. The lowest BCUT2D eigenvalue weighted by Crippen LogP contribution is -2.48. The molecule has 7 heterocycles. The summed E-state index contributed by atoms with van der Waals surface area (Å²) in [7, 11) is -10.3. The van der Waals surface area contributed by atoms with Crippen LogP contribution in [0.15, 0.2) is 36.8 Å². The second-order valence-electron chi connectivity index (χ2n) is 9.78. The fourth-order valence-electron chi connectivity index (χ4n) is 4.96. The summed E-state index contributed by atoms with van der Waals surface area (Å²) in [4.78, 5) is 45.3. The molecular formula is C20H22N10O12P2. The van der Waals surface area contributed by atoms with Crippen LogP contribution >= 0.6 is 15.6 Å². The average molecular weight is 656 g/mol. The van der Waals surface area contributed by atoms with Crippen molar-refractivity contribution in [2.24, 2.45) is 0 Å². The highest BCUT2D eigenvalue weighted by Crippen LogP contribution is 2.57. The number of fused-ring (bicyclic) bond motifs is 2. The average Bonchev–Trinajstić information content (AvgIpc) is 3.73. The van der Waals surface area contributed by atoms with E-state index in [0.29, 0.717) is 0 Å². The van der Waals surface area contributed by atoms with Crippen LogP contribution in [0, 0.1) is 0 Å². The molecule has 1 saturated heterocycles. The summed E-state index contributed by atoms with van der Waals surface area (Å²) in [6.07, 6.45) is -1.63. The van der Waals surface area contributed by atoms with Gasteiger partial charge in [-0.1, -0.05) is 0 Å². The number of anilines is 2. The van der Waals surface area contributed by atoms with Gasteiger partial charge in [-0.25, -0.2) is 39.0 Å². The minimum atomic E-state index is -5.16. The Morgan fingerprint density at radius 1 is 0.841 bits per heavy atom. The molecule has 22 nitrogen and oxygen atoms in total. The molecule has 7 rings (SSSR count). The summed E-state index contributed by atoms with van der Waals surface area (Å²) in [5.41, 5.74) is 10.0. The molecule has 3 aliphatic rings. The Hall–Kier alpha value is -3.82. The zero-order valence-electron chi connectivity index (χ0n) is 21.9. The van der Waals surface area contributed by atoms with Crippen LogP contribution in [0.4, 0.5) is 11.6 Å². The van der Waals surface area contributed by atoms with E-state index < -0.39 is 77.2 Å². The lowest BCUT2D eigenvalue weighted by atomic mass is 10.0. The van der Waals surface area contributed by atoms with E-state index in [1.54, 1.807) is 0 Å². The molecule has 7 atom stereocenters. The maximum Gasteiger partial charge on any atom is 0.527 e. The summed E-state index contributed by atoms with van der Waals surface area (Å²) in [6, 6.07) is 0. The number of aliphatic hydroxyl groups excluding tert-OH is 2. The maximum absolute atomic E-state index is 13.2. The largest absolute Gasteiger partial charge is 0.527 e. The summed E-state index contributed by atoms with van der Waals surface area (Å²) in [5.74, 6) is -1.02. The van der Waals surface area contributed by atoms with Crippen LogP contribution in [0.25, 0.3) is 22.3 Å². The number of phosphoric ester groups is 2. The van der Waals surface area contributed by atoms with Crippen LogP contribution in [0.2, 0.25) is 0 Å². The lowest BCUT2D eigenvalue weighted by Gasteiger charge is -2.32. The third-order valence-electron chi connectivity index (χ3n) is 7.05. The van der Waals surface area contributed by atoms with Gasteiger partial charge in [0.05, 0.1) is 19.5 Å². The van der Waals surface area contributed by atoms with Gasteiger partial charge in [-0.3, -0.25) is 27.6 Å². The number of nitrogens with zero attached hydrogens (tertiary/aromatic N) is 8. The molecule has 24 heteroatoms. The first kappa shape index (κ1) is 28.9. The van der Waals surface area contributed by atoms with Gasteiger partial charge < -0.3 is 40.6 Å². The Kier molecular flexibility index (Phi) is 6.64. The number of rotatable bonds is 2. The van der Waals surface area contributed by atoms with Crippen LogP contribution < -0.4 is 11.5 Å². The van der Waals surface area contributed by atoms with Gasteiger partial charge in [0, 0.05) is 0 Å². The lowest BCUT2D eigenvalue weighted by molar-refractivity contribution is -0.0854. The van der Waals surface area contributed by atoms with Crippen molar-refractivity contribution < 1.29 is 56.7 Å². The summed E-state index contributed by atoms with van der Waals surface area (Å²) >= 11 is 0. The van der Waals surface area contributed by atoms with Crippen LogP contribution in [-0.2, 0) is 36.7 Å². The second-order valence-corrected chi connectivity index (χ2v) is 12.5. The van der Waals surface area contributed by atoms with Gasteiger partial charge in [0.25, 0.3) is 0 Å². The van der Waals surface area contributed by atoms with Gasteiger partial charge in [0.2, 0.25) is 6.23 Å². The molecule has 0 aliphatic carbocycles. The zero-order chi connectivity index (χ0) is 31.0. The van der Waals surface area contributed by atoms with Crippen LogP contribution in [0.5, 0.6) is 0 Å². The van der Waals surface area contributed by atoms with Crippen molar-refractivity contribution >= 4 is 49.6 Å². The maximum atomic E-state index is 13.2. The van der Waals surface area contributed by atoms with Gasteiger partial charge in [-0.15, -0.1) is 0 Å². The Morgan fingerprint density at radius 3 is 2.09 bits per heavy atom. The second kappa shape index (κ2) is 10.1.